The molecule has 9 heteroatoms. The minimum Gasteiger partial charge on any atom is -0.444 e. The van der Waals surface area contributed by atoms with E-state index >= 15 is 0 Å². The van der Waals surface area contributed by atoms with E-state index in [0.717, 1.165) is 27.6 Å². The fraction of sp³-hybridized carbons (Fsp3) is 0.355. The van der Waals surface area contributed by atoms with Crippen LogP contribution in [0.5, 0.6) is 0 Å². The van der Waals surface area contributed by atoms with E-state index < -0.39 is 11.7 Å². The Morgan fingerprint density at radius 3 is 2.52 bits per heavy atom. The molecule has 1 unspecified atom stereocenters. The maximum atomic E-state index is 13.4. The number of allylic oxidation sites excluding steroid dienone is 2. The van der Waals surface area contributed by atoms with Gasteiger partial charge in [0.15, 0.2) is 0 Å². The Morgan fingerprint density at radius 1 is 1.25 bits per heavy atom. The summed E-state index contributed by atoms with van der Waals surface area (Å²) in [7, 11) is 0. The van der Waals surface area contributed by atoms with Gasteiger partial charge in [0.05, 0.1) is 28.2 Å². The Balaban J connectivity index is 1.82. The first kappa shape index (κ1) is 30.6. The number of carbonyl (C=O) groups excluding carboxylic acids is 2. The predicted molar refractivity (Wildman–Crippen MR) is 163 cm³/mol. The van der Waals surface area contributed by atoms with Crippen LogP contribution in [0.25, 0.3) is 10.9 Å². The summed E-state index contributed by atoms with van der Waals surface area (Å²) in [5, 5.41) is 6.36. The second-order valence-electron chi connectivity index (χ2n) is 10.8. The number of benzene rings is 1. The summed E-state index contributed by atoms with van der Waals surface area (Å²) in [6, 6.07) is 5.50. The van der Waals surface area contributed by atoms with Gasteiger partial charge in [-0.2, -0.15) is 0 Å². The van der Waals surface area contributed by atoms with Crippen molar-refractivity contribution in [1.29, 1.82) is 0 Å². The van der Waals surface area contributed by atoms with Gasteiger partial charge in [0.2, 0.25) is 0 Å². The van der Waals surface area contributed by atoms with Gasteiger partial charge in [-0.15, -0.1) is 11.6 Å². The van der Waals surface area contributed by atoms with Gasteiger partial charge in [0.25, 0.3) is 5.91 Å². The molecule has 40 heavy (non-hydrogen) atoms. The van der Waals surface area contributed by atoms with Crippen LogP contribution >= 0.6 is 11.6 Å². The molecule has 0 fully saturated rings. The summed E-state index contributed by atoms with van der Waals surface area (Å²) in [4.78, 5) is 33.7. The number of anilines is 1. The van der Waals surface area contributed by atoms with E-state index in [-0.39, 0.29) is 17.3 Å². The molecule has 3 rings (SSSR count). The van der Waals surface area contributed by atoms with E-state index in [2.05, 4.69) is 33.9 Å². The summed E-state index contributed by atoms with van der Waals surface area (Å²) < 4.78 is 7.38. The van der Waals surface area contributed by atoms with Gasteiger partial charge in [-0.05, 0) is 95.6 Å². The number of amides is 2. The van der Waals surface area contributed by atoms with E-state index in [0.29, 0.717) is 29.9 Å². The molecule has 2 amide bonds. The SMILES string of the molecule is C=NC(=C)/C=C\C[C@H](C(C)Cl)n1cc(C(=O)NCc2c(C)cc(NC(=O)OC(C)(C)C)cc2C)c2cnccc21. The van der Waals surface area contributed by atoms with Gasteiger partial charge < -0.3 is 14.6 Å². The van der Waals surface area contributed by atoms with Gasteiger partial charge in [-0.3, -0.25) is 20.1 Å². The van der Waals surface area contributed by atoms with Crippen molar-refractivity contribution in [3.63, 3.8) is 0 Å². The zero-order valence-electron chi connectivity index (χ0n) is 24.0. The Hall–Kier alpha value is -3.91. The Kier molecular flexibility index (Phi) is 9.93. The van der Waals surface area contributed by atoms with Crippen molar-refractivity contribution in [2.75, 3.05) is 5.32 Å². The van der Waals surface area contributed by atoms with Gasteiger partial charge >= 0.3 is 6.09 Å². The maximum Gasteiger partial charge on any atom is 0.412 e. The molecule has 0 saturated carbocycles. The van der Waals surface area contributed by atoms with Crippen LogP contribution in [0.3, 0.4) is 0 Å². The van der Waals surface area contributed by atoms with Crippen LogP contribution in [-0.2, 0) is 11.3 Å². The summed E-state index contributed by atoms with van der Waals surface area (Å²) in [6.45, 7) is 18.9. The molecular weight excluding hydrogens is 526 g/mol. The molecule has 0 aliphatic carbocycles. The number of hydrogen-bond donors (Lipinski definition) is 2. The second kappa shape index (κ2) is 13.0. The van der Waals surface area contributed by atoms with Crippen LogP contribution in [0.4, 0.5) is 10.5 Å². The van der Waals surface area contributed by atoms with Crippen LogP contribution in [0.15, 0.2) is 66.2 Å². The summed E-state index contributed by atoms with van der Waals surface area (Å²) in [5.74, 6) is -0.216. The first-order valence-electron chi connectivity index (χ1n) is 13.1. The van der Waals surface area contributed by atoms with Gasteiger partial charge in [-0.1, -0.05) is 12.7 Å². The largest absolute Gasteiger partial charge is 0.444 e. The topological polar surface area (TPSA) is 97.6 Å². The number of aromatic nitrogens is 2. The zero-order valence-corrected chi connectivity index (χ0v) is 24.8. The zero-order chi connectivity index (χ0) is 29.6. The predicted octanol–water partition coefficient (Wildman–Crippen LogP) is 7.26. The van der Waals surface area contributed by atoms with Crippen LogP contribution in [0.1, 0.15) is 67.2 Å². The average molecular weight is 564 g/mol. The van der Waals surface area contributed by atoms with Crippen molar-refractivity contribution in [2.24, 2.45) is 4.99 Å². The lowest BCUT2D eigenvalue weighted by atomic mass is 10.0. The number of ether oxygens (including phenoxy) is 1. The summed E-state index contributed by atoms with van der Waals surface area (Å²) >= 11 is 6.61. The molecule has 0 aliphatic rings. The summed E-state index contributed by atoms with van der Waals surface area (Å²) in [5.41, 5.74) is 4.86. The molecule has 8 nitrogen and oxygen atoms in total. The van der Waals surface area contributed by atoms with Crippen molar-refractivity contribution < 1.29 is 14.3 Å². The fourth-order valence-corrected chi connectivity index (χ4v) is 4.73. The molecule has 1 aromatic carbocycles. The normalized spacial score (nSPS) is 13.2. The molecule has 0 saturated heterocycles. The number of fused-ring (bicyclic) bond motifs is 1. The highest BCUT2D eigenvalue weighted by Gasteiger charge is 2.23. The Morgan fingerprint density at radius 2 is 1.93 bits per heavy atom. The number of halogens is 1. The maximum absolute atomic E-state index is 13.4. The number of pyridine rings is 1. The molecule has 2 N–H and O–H groups in total. The Labute approximate surface area is 241 Å². The smallest absolute Gasteiger partial charge is 0.412 e. The molecule has 0 aliphatic heterocycles. The lowest BCUT2D eigenvalue weighted by Crippen LogP contribution is -2.27. The Bertz CT molecular complexity index is 1430. The third kappa shape index (κ3) is 7.82. The highest BCUT2D eigenvalue weighted by molar-refractivity contribution is 6.20. The number of nitrogens with one attached hydrogen (secondary N) is 2. The van der Waals surface area contributed by atoms with E-state index in [1.54, 1.807) is 18.5 Å². The summed E-state index contributed by atoms with van der Waals surface area (Å²) in [6.07, 6.45) is 9.11. The molecule has 2 heterocycles. The third-order valence-electron chi connectivity index (χ3n) is 6.42. The van der Waals surface area contributed by atoms with Crippen molar-refractivity contribution in [3.05, 3.63) is 83.5 Å². The van der Waals surface area contributed by atoms with Crippen LogP contribution in [0, 0.1) is 13.8 Å². The molecule has 0 spiro atoms. The number of aliphatic imine (C=N–C) groups is 1. The van der Waals surface area contributed by atoms with E-state index in [9.17, 15) is 9.59 Å². The van der Waals surface area contributed by atoms with Crippen LogP contribution in [-0.4, -0.2) is 39.2 Å². The van der Waals surface area contributed by atoms with Gasteiger partial charge in [0.1, 0.15) is 5.60 Å². The average Bonchev–Trinajstić information content (AvgIpc) is 3.23. The van der Waals surface area contributed by atoms with Crippen molar-refractivity contribution >= 4 is 46.9 Å². The number of rotatable bonds is 10. The van der Waals surface area contributed by atoms with E-state index in [1.165, 1.54) is 0 Å². The standard InChI is InChI=1S/C31H38ClN5O3/c1-19-14-23(36-30(39)40-31(5,6)7)15-20(2)24(19)17-35-29(38)26-18-37(28-12-13-34-16-25(26)28)27(22(4)32)11-9-10-21(3)33-8/h9-10,12-16,18,22,27H,3,8,11,17H2,1-2,4-7H3,(H,35,38)(H,36,39)/b10-9-/t22?,27-/m1/s1. The second-order valence-corrected chi connectivity index (χ2v) is 11.5. The first-order chi connectivity index (χ1) is 18.8. The minimum atomic E-state index is -0.590. The minimum absolute atomic E-state index is 0.114. The van der Waals surface area contributed by atoms with E-state index in [4.69, 9.17) is 16.3 Å². The van der Waals surface area contributed by atoms with Crippen LogP contribution < -0.4 is 10.6 Å². The molecule has 212 valence electrons. The monoisotopic (exact) mass is 563 g/mol. The van der Waals surface area contributed by atoms with Crippen LogP contribution in [0.2, 0.25) is 0 Å². The van der Waals surface area contributed by atoms with E-state index in [1.807, 2.05) is 76.6 Å². The van der Waals surface area contributed by atoms with Crippen molar-refractivity contribution in [2.45, 2.75) is 71.5 Å². The third-order valence-corrected chi connectivity index (χ3v) is 6.72. The van der Waals surface area contributed by atoms with Crippen molar-refractivity contribution in [3.8, 4) is 0 Å². The quantitative estimate of drug-likeness (QED) is 0.154. The number of alkyl halides is 1. The molecule has 2 atom stereocenters. The fourth-order valence-electron chi connectivity index (χ4n) is 4.50. The lowest BCUT2D eigenvalue weighted by Gasteiger charge is -2.21. The van der Waals surface area contributed by atoms with Gasteiger partial charge in [0, 0.05) is 36.2 Å². The van der Waals surface area contributed by atoms with Gasteiger partial charge in [-0.25, -0.2) is 4.79 Å². The van der Waals surface area contributed by atoms with Crippen molar-refractivity contribution in [1.82, 2.24) is 14.9 Å². The number of carbonyl (C=O) groups is 2. The highest BCUT2D eigenvalue weighted by Crippen LogP contribution is 2.30. The number of hydrogen-bond acceptors (Lipinski definition) is 5. The molecule has 3 aromatic rings. The lowest BCUT2D eigenvalue weighted by molar-refractivity contribution is 0.0635. The molecule has 0 radical (unpaired) electrons. The number of aryl methyl sites for hydroxylation is 2. The molecule has 2 aromatic heterocycles. The highest BCUT2D eigenvalue weighted by atomic mass is 35.5. The molecule has 0 bridgehead atoms. The first-order valence-corrected chi connectivity index (χ1v) is 13.5. The number of nitrogens with zero attached hydrogens (tertiary/aromatic N) is 3. The molecular formula is C31H38ClN5O3.